The molecule has 0 radical (unpaired) electrons. The van der Waals surface area contributed by atoms with E-state index in [1.54, 1.807) is 0 Å². The highest BCUT2D eigenvalue weighted by Gasteiger charge is 2.24. The fourth-order valence-corrected chi connectivity index (χ4v) is 4.59. The van der Waals surface area contributed by atoms with E-state index in [9.17, 15) is 8.42 Å². The molecular weight excluding hydrogens is 336 g/mol. The summed E-state index contributed by atoms with van der Waals surface area (Å²) in [5, 5.41) is 8.69. The van der Waals surface area contributed by atoms with E-state index in [4.69, 9.17) is 0 Å². The zero-order chi connectivity index (χ0) is 17.3. The van der Waals surface area contributed by atoms with Crippen molar-refractivity contribution in [3.05, 3.63) is 60.2 Å². The van der Waals surface area contributed by atoms with Crippen molar-refractivity contribution in [1.29, 1.82) is 0 Å². The molecule has 0 spiro atoms. The Morgan fingerprint density at radius 3 is 2.40 bits per heavy atom. The summed E-state index contributed by atoms with van der Waals surface area (Å²) in [6.45, 7) is 3.38. The molecule has 1 aliphatic rings. The molecule has 130 valence electrons. The first-order valence-corrected chi connectivity index (χ1v) is 9.97. The molecule has 6 nitrogen and oxygen atoms in total. The standard InChI is InChI=1S/C18H20N4O2S/c23-25(24,14-15-6-2-1-3-7-15)22-17-9-5-4-8-16(17)18(20-22)21-12-10-19-11-13-21/h1-9,19H,10-14H2. The molecule has 1 aromatic heterocycles. The Morgan fingerprint density at radius 1 is 0.960 bits per heavy atom. The maximum absolute atomic E-state index is 13.0. The first-order valence-electron chi connectivity index (χ1n) is 8.36. The summed E-state index contributed by atoms with van der Waals surface area (Å²) in [5.41, 5.74) is 1.39. The predicted octanol–water partition coefficient (Wildman–Crippen LogP) is 1.82. The zero-order valence-electron chi connectivity index (χ0n) is 13.8. The molecule has 1 aliphatic heterocycles. The van der Waals surface area contributed by atoms with Gasteiger partial charge in [0.25, 0.3) is 10.0 Å². The van der Waals surface area contributed by atoms with Crippen LogP contribution in [0.4, 0.5) is 5.82 Å². The van der Waals surface area contributed by atoms with Crippen molar-refractivity contribution in [2.75, 3.05) is 31.1 Å². The molecule has 0 aliphatic carbocycles. The third-order valence-electron chi connectivity index (χ3n) is 4.41. The zero-order valence-corrected chi connectivity index (χ0v) is 14.6. The van der Waals surface area contributed by atoms with Gasteiger partial charge in [-0.3, -0.25) is 0 Å². The molecule has 0 atom stereocenters. The Kier molecular flexibility index (Phi) is 4.19. The summed E-state index contributed by atoms with van der Waals surface area (Å²) in [6, 6.07) is 16.7. The van der Waals surface area contributed by atoms with E-state index in [2.05, 4.69) is 15.3 Å². The maximum atomic E-state index is 13.0. The number of aromatic nitrogens is 2. The van der Waals surface area contributed by atoms with Gasteiger partial charge < -0.3 is 10.2 Å². The normalized spacial score (nSPS) is 15.6. The van der Waals surface area contributed by atoms with E-state index in [0.29, 0.717) is 5.52 Å². The van der Waals surface area contributed by atoms with Crippen LogP contribution in [0.3, 0.4) is 0 Å². The van der Waals surface area contributed by atoms with Crippen molar-refractivity contribution in [1.82, 2.24) is 14.5 Å². The van der Waals surface area contributed by atoms with E-state index in [-0.39, 0.29) is 5.75 Å². The summed E-state index contributed by atoms with van der Waals surface area (Å²) >= 11 is 0. The monoisotopic (exact) mass is 356 g/mol. The van der Waals surface area contributed by atoms with Crippen LogP contribution in [0.15, 0.2) is 54.6 Å². The van der Waals surface area contributed by atoms with Gasteiger partial charge in [0, 0.05) is 31.6 Å². The number of benzene rings is 2. The van der Waals surface area contributed by atoms with Crippen LogP contribution in [0, 0.1) is 0 Å². The highest BCUT2D eigenvalue weighted by atomic mass is 32.2. The molecule has 7 heteroatoms. The average molecular weight is 356 g/mol. The Balaban J connectivity index is 1.79. The molecule has 2 aromatic carbocycles. The molecule has 0 amide bonds. The SMILES string of the molecule is O=S(=O)(Cc1ccccc1)n1nc(N2CCNCC2)c2ccccc21. The number of anilines is 1. The largest absolute Gasteiger partial charge is 0.352 e. The second kappa shape index (κ2) is 6.50. The fraction of sp³-hybridized carbons (Fsp3) is 0.278. The van der Waals surface area contributed by atoms with Crippen molar-refractivity contribution in [3.8, 4) is 0 Å². The minimum atomic E-state index is -3.59. The second-order valence-corrected chi connectivity index (χ2v) is 7.96. The van der Waals surface area contributed by atoms with Crippen LogP contribution in [-0.2, 0) is 15.8 Å². The van der Waals surface area contributed by atoms with Crippen LogP contribution in [0.25, 0.3) is 10.9 Å². The third kappa shape index (κ3) is 3.12. The molecule has 0 saturated carbocycles. The van der Waals surface area contributed by atoms with E-state index < -0.39 is 10.0 Å². The maximum Gasteiger partial charge on any atom is 0.258 e. The van der Waals surface area contributed by atoms with Gasteiger partial charge in [-0.2, -0.15) is 4.09 Å². The van der Waals surface area contributed by atoms with Crippen LogP contribution in [0.5, 0.6) is 0 Å². The predicted molar refractivity (Wildman–Crippen MR) is 99.3 cm³/mol. The van der Waals surface area contributed by atoms with E-state index >= 15 is 0 Å². The van der Waals surface area contributed by atoms with Gasteiger partial charge in [-0.05, 0) is 17.7 Å². The number of rotatable bonds is 4. The Morgan fingerprint density at radius 2 is 1.64 bits per heavy atom. The van der Waals surface area contributed by atoms with Gasteiger partial charge in [0.2, 0.25) is 0 Å². The summed E-state index contributed by atoms with van der Waals surface area (Å²) in [5.74, 6) is 0.675. The number of hydrogen-bond acceptors (Lipinski definition) is 5. The first kappa shape index (κ1) is 16.1. The Bertz CT molecular complexity index is 977. The summed E-state index contributed by atoms with van der Waals surface area (Å²) < 4.78 is 27.2. The van der Waals surface area contributed by atoms with Gasteiger partial charge in [-0.1, -0.05) is 42.5 Å². The number of nitrogens with zero attached hydrogens (tertiary/aromatic N) is 3. The summed E-state index contributed by atoms with van der Waals surface area (Å²) in [4.78, 5) is 2.15. The van der Waals surface area contributed by atoms with E-state index in [0.717, 1.165) is 42.9 Å². The van der Waals surface area contributed by atoms with Gasteiger partial charge in [-0.15, -0.1) is 5.10 Å². The van der Waals surface area contributed by atoms with Crippen LogP contribution < -0.4 is 10.2 Å². The first-order chi connectivity index (χ1) is 12.1. The lowest BCUT2D eigenvalue weighted by Gasteiger charge is -2.27. The average Bonchev–Trinajstić information content (AvgIpc) is 3.04. The lowest BCUT2D eigenvalue weighted by Crippen LogP contribution is -2.43. The number of para-hydroxylation sites is 1. The van der Waals surface area contributed by atoms with Crippen molar-refractivity contribution in [3.63, 3.8) is 0 Å². The summed E-state index contributed by atoms with van der Waals surface area (Å²) in [6.07, 6.45) is 0. The highest BCUT2D eigenvalue weighted by molar-refractivity contribution is 7.89. The van der Waals surface area contributed by atoms with Gasteiger partial charge >= 0.3 is 0 Å². The molecule has 4 rings (SSSR count). The minimum absolute atomic E-state index is 0.0689. The molecule has 0 unspecified atom stereocenters. The van der Waals surface area contributed by atoms with Crippen molar-refractivity contribution < 1.29 is 8.42 Å². The Labute approximate surface area is 147 Å². The van der Waals surface area contributed by atoms with Gasteiger partial charge in [0.05, 0.1) is 11.3 Å². The molecule has 1 fully saturated rings. The molecule has 0 bridgehead atoms. The molecule has 25 heavy (non-hydrogen) atoms. The fourth-order valence-electron chi connectivity index (χ4n) is 3.19. The summed E-state index contributed by atoms with van der Waals surface area (Å²) in [7, 11) is -3.59. The van der Waals surface area contributed by atoms with Crippen molar-refractivity contribution in [2.45, 2.75) is 5.75 Å². The Hall–Kier alpha value is -2.38. The molecule has 1 saturated heterocycles. The minimum Gasteiger partial charge on any atom is -0.352 e. The lowest BCUT2D eigenvalue weighted by atomic mass is 10.2. The number of fused-ring (bicyclic) bond motifs is 1. The lowest BCUT2D eigenvalue weighted by molar-refractivity contribution is 0.574. The number of nitrogens with one attached hydrogen (secondary N) is 1. The van der Waals surface area contributed by atoms with Crippen LogP contribution >= 0.6 is 0 Å². The topological polar surface area (TPSA) is 67.2 Å². The van der Waals surface area contributed by atoms with Gasteiger partial charge in [0.15, 0.2) is 5.82 Å². The van der Waals surface area contributed by atoms with Crippen molar-refractivity contribution in [2.24, 2.45) is 0 Å². The highest BCUT2D eigenvalue weighted by Crippen LogP contribution is 2.28. The smallest absolute Gasteiger partial charge is 0.258 e. The quantitative estimate of drug-likeness (QED) is 0.772. The molecular formula is C18H20N4O2S. The second-order valence-electron chi connectivity index (χ2n) is 6.16. The van der Waals surface area contributed by atoms with Crippen LogP contribution in [0.1, 0.15) is 5.56 Å². The molecule has 1 N–H and O–H groups in total. The van der Waals surface area contributed by atoms with Crippen LogP contribution in [-0.4, -0.2) is 43.8 Å². The van der Waals surface area contributed by atoms with E-state index in [1.165, 1.54) is 4.09 Å². The van der Waals surface area contributed by atoms with Crippen molar-refractivity contribution >= 4 is 26.7 Å². The van der Waals surface area contributed by atoms with Gasteiger partial charge in [0.1, 0.15) is 0 Å². The molecule has 3 aromatic rings. The number of hydrogen-bond donors (Lipinski definition) is 1. The molecule has 2 heterocycles. The number of piperazine rings is 1. The van der Waals surface area contributed by atoms with E-state index in [1.807, 2.05) is 54.6 Å². The van der Waals surface area contributed by atoms with Gasteiger partial charge in [-0.25, -0.2) is 8.42 Å². The van der Waals surface area contributed by atoms with Crippen LogP contribution in [0.2, 0.25) is 0 Å². The third-order valence-corrected chi connectivity index (χ3v) is 5.91.